The van der Waals surface area contributed by atoms with Gasteiger partial charge in [-0.3, -0.25) is 0 Å². The highest BCUT2D eigenvalue weighted by atomic mass is 79.9. The highest BCUT2D eigenvalue weighted by molar-refractivity contribution is 9.10. The highest BCUT2D eigenvalue weighted by Gasteiger charge is 2.03. The minimum absolute atomic E-state index is 0.314. The van der Waals surface area contributed by atoms with E-state index in [0.717, 1.165) is 15.6 Å². The monoisotopic (exact) mass is 265 g/mol. The van der Waals surface area contributed by atoms with Crippen LogP contribution in [0.3, 0.4) is 0 Å². The molecule has 0 atom stereocenters. The first-order valence-corrected chi connectivity index (χ1v) is 5.27. The topological polar surface area (TPSA) is 26.0 Å². The van der Waals surface area contributed by atoms with Gasteiger partial charge in [-0.1, -0.05) is 28.1 Å². The van der Waals surface area contributed by atoms with E-state index in [1.165, 1.54) is 12.1 Å². The van der Waals surface area contributed by atoms with Crippen LogP contribution in [0.2, 0.25) is 0 Å². The first-order chi connectivity index (χ1) is 7.16. The SMILES string of the molecule is Nc1cc(F)ccc1-c1cccc(Br)c1. The molecule has 0 heterocycles. The molecule has 76 valence electrons. The molecule has 15 heavy (non-hydrogen) atoms. The Kier molecular flexibility index (Phi) is 2.73. The second-order valence-corrected chi connectivity index (χ2v) is 4.16. The lowest BCUT2D eigenvalue weighted by atomic mass is 10.0. The number of hydrogen-bond acceptors (Lipinski definition) is 1. The number of hydrogen-bond donors (Lipinski definition) is 1. The van der Waals surface area contributed by atoms with Crippen molar-refractivity contribution < 1.29 is 4.39 Å². The molecule has 2 N–H and O–H groups in total. The van der Waals surface area contributed by atoms with E-state index in [0.29, 0.717) is 5.69 Å². The quantitative estimate of drug-likeness (QED) is 0.780. The molecule has 0 spiro atoms. The Bertz CT molecular complexity index is 497. The average molecular weight is 266 g/mol. The van der Waals surface area contributed by atoms with Crippen LogP contribution in [0.4, 0.5) is 10.1 Å². The van der Waals surface area contributed by atoms with Crippen molar-refractivity contribution in [3.8, 4) is 11.1 Å². The van der Waals surface area contributed by atoms with Crippen molar-refractivity contribution in [2.24, 2.45) is 0 Å². The smallest absolute Gasteiger partial charge is 0.125 e. The number of nitrogens with two attached hydrogens (primary N) is 1. The number of anilines is 1. The van der Waals surface area contributed by atoms with E-state index in [-0.39, 0.29) is 5.82 Å². The van der Waals surface area contributed by atoms with E-state index < -0.39 is 0 Å². The fourth-order valence-electron chi connectivity index (χ4n) is 1.45. The highest BCUT2D eigenvalue weighted by Crippen LogP contribution is 2.28. The lowest BCUT2D eigenvalue weighted by molar-refractivity contribution is 0.628. The van der Waals surface area contributed by atoms with Gasteiger partial charge in [0, 0.05) is 15.7 Å². The predicted molar refractivity (Wildman–Crippen MR) is 63.9 cm³/mol. The first kappa shape index (κ1) is 10.2. The van der Waals surface area contributed by atoms with Crippen LogP contribution in [0, 0.1) is 5.82 Å². The molecule has 0 fully saturated rings. The molecule has 0 radical (unpaired) electrons. The van der Waals surface area contributed by atoms with Crippen molar-refractivity contribution in [3.05, 3.63) is 52.8 Å². The van der Waals surface area contributed by atoms with E-state index >= 15 is 0 Å². The standard InChI is InChI=1S/C12H9BrFN/c13-9-3-1-2-8(6-9)11-5-4-10(14)7-12(11)15/h1-7H,15H2. The fourth-order valence-corrected chi connectivity index (χ4v) is 1.85. The summed E-state index contributed by atoms with van der Waals surface area (Å²) in [7, 11) is 0. The summed E-state index contributed by atoms with van der Waals surface area (Å²) in [6.07, 6.45) is 0. The second kappa shape index (κ2) is 4.03. The van der Waals surface area contributed by atoms with Crippen LogP contribution in [-0.2, 0) is 0 Å². The molecule has 3 heteroatoms. The van der Waals surface area contributed by atoms with Gasteiger partial charge in [0.1, 0.15) is 5.82 Å². The molecule has 2 aromatic carbocycles. The van der Waals surface area contributed by atoms with Crippen LogP contribution in [0.15, 0.2) is 46.9 Å². The number of nitrogen functional groups attached to an aromatic ring is 1. The summed E-state index contributed by atoms with van der Waals surface area (Å²) in [6, 6.07) is 12.2. The van der Waals surface area contributed by atoms with Crippen molar-refractivity contribution in [3.63, 3.8) is 0 Å². The fraction of sp³-hybridized carbons (Fsp3) is 0. The Labute approximate surface area is 95.9 Å². The van der Waals surface area contributed by atoms with Crippen molar-refractivity contribution in [1.29, 1.82) is 0 Å². The van der Waals surface area contributed by atoms with E-state index in [9.17, 15) is 4.39 Å². The first-order valence-electron chi connectivity index (χ1n) is 4.48. The molecular formula is C12H9BrFN. The molecule has 0 aliphatic heterocycles. The molecule has 0 saturated carbocycles. The number of benzene rings is 2. The van der Waals surface area contributed by atoms with Crippen LogP contribution in [0.5, 0.6) is 0 Å². The molecule has 0 unspecified atom stereocenters. The maximum Gasteiger partial charge on any atom is 0.125 e. The Balaban J connectivity index is 2.54. The van der Waals surface area contributed by atoms with E-state index in [4.69, 9.17) is 5.73 Å². The summed E-state index contributed by atoms with van der Waals surface area (Å²) in [5, 5.41) is 0. The Morgan fingerprint density at radius 2 is 1.87 bits per heavy atom. The van der Waals surface area contributed by atoms with Crippen molar-refractivity contribution >= 4 is 21.6 Å². The summed E-state index contributed by atoms with van der Waals surface area (Å²) >= 11 is 3.38. The minimum Gasteiger partial charge on any atom is -0.398 e. The van der Waals surface area contributed by atoms with Gasteiger partial charge in [0.15, 0.2) is 0 Å². The van der Waals surface area contributed by atoms with Gasteiger partial charge in [0.05, 0.1) is 0 Å². The van der Waals surface area contributed by atoms with Crippen molar-refractivity contribution in [1.82, 2.24) is 0 Å². The summed E-state index contributed by atoms with van der Waals surface area (Å²) in [5.41, 5.74) is 8.02. The van der Waals surface area contributed by atoms with E-state index in [1.54, 1.807) is 6.07 Å². The molecule has 0 bridgehead atoms. The molecule has 0 amide bonds. The lowest BCUT2D eigenvalue weighted by Gasteiger charge is -2.06. The Hall–Kier alpha value is -1.35. The number of rotatable bonds is 1. The van der Waals surface area contributed by atoms with E-state index in [2.05, 4.69) is 15.9 Å². The van der Waals surface area contributed by atoms with Crippen LogP contribution in [-0.4, -0.2) is 0 Å². The predicted octanol–water partition coefficient (Wildman–Crippen LogP) is 3.84. The van der Waals surface area contributed by atoms with Crippen LogP contribution in [0.25, 0.3) is 11.1 Å². The summed E-state index contributed by atoms with van der Waals surface area (Å²) in [4.78, 5) is 0. The summed E-state index contributed by atoms with van der Waals surface area (Å²) in [6.45, 7) is 0. The van der Waals surface area contributed by atoms with Gasteiger partial charge in [0.25, 0.3) is 0 Å². The van der Waals surface area contributed by atoms with Gasteiger partial charge >= 0.3 is 0 Å². The zero-order chi connectivity index (χ0) is 10.8. The zero-order valence-electron chi connectivity index (χ0n) is 7.87. The minimum atomic E-state index is -0.314. The van der Waals surface area contributed by atoms with Gasteiger partial charge in [-0.05, 0) is 35.9 Å². The Morgan fingerprint density at radius 1 is 1.07 bits per heavy atom. The van der Waals surface area contributed by atoms with Gasteiger partial charge in [-0.15, -0.1) is 0 Å². The maximum atomic E-state index is 12.9. The van der Waals surface area contributed by atoms with Gasteiger partial charge in [0.2, 0.25) is 0 Å². The van der Waals surface area contributed by atoms with Crippen molar-refractivity contribution in [2.75, 3.05) is 5.73 Å². The summed E-state index contributed by atoms with van der Waals surface area (Å²) < 4.78 is 13.8. The molecule has 2 aromatic rings. The third-order valence-electron chi connectivity index (χ3n) is 2.15. The zero-order valence-corrected chi connectivity index (χ0v) is 9.46. The molecule has 1 nitrogen and oxygen atoms in total. The second-order valence-electron chi connectivity index (χ2n) is 3.24. The van der Waals surface area contributed by atoms with Gasteiger partial charge < -0.3 is 5.73 Å². The van der Waals surface area contributed by atoms with Crippen LogP contribution < -0.4 is 5.73 Å². The van der Waals surface area contributed by atoms with E-state index in [1.807, 2.05) is 24.3 Å². The van der Waals surface area contributed by atoms with Crippen LogP contribution in [0.1, 0.15) is 0 Å². The number of halogens is 2. The lowest BCUT2D eigenvalue weighted by Crippen LogP contribution is -1.91. The van der Waals surface area contributed by atoms with Crippen LogP contribution >= 0.6 is 15.9 Å². The largest absolute Gasteiger partial charge is 0.398 e. The van der Waals surface area contributed by atoms with Crippen molar-refractivity contribution in [2.45, 2.75) is 0 Å². The van der Waals surface area contributed by atoms with Gasteiger partial charge in [-0.2, -0.15) is 0 Å². The maximum absolute atomic E-state index is 12.9. The Morgan fingerprint density at radius 3 is 2.53 bits per heavy atom. The molecule has 2 rings (SSSR count). The normalized spacial score (nSPS) is 10.3. The molecule has 0 aliphatic carbocycles. The van der Waals surface area contributed by atoms with Gasteiger partial charge in [-0.25, -0.2) is 4.39 Å². The molecule has 0 aromatic heterocycles. The molecule has 0 saturated heterocycles. The third-order valence-corrected chi connectivity index (χ3v) is 2.64. The third kappa shape index (κ3) is 2.18. The molecular weight excluding hydrogens is 257 g/mol. The summed E-state index contributed by atoms with van der Waals surface area (Å²) in [5.74, 6) is -0.314. The molecule has 0 aliphatic rings. The average Bonchev–Trinajstić information content (AvgIpc) is 2.17.